The van der Waals surface area contributed by atoms with Crippen LogP contribution in [0.15, 0.2) is 42.5 Å². The summed E-state index contributed by atoms with van der Waals surface area (Å²) in [5, 5.41) is 11.6. The molecule has 0 atom stereocenters. The number of nitrogen functional groups attached to an aromatic ring is 1. The molecule has 2 aromatic carbocycles. The molecule has 6 nitrogen and oxygen atoms in total. The van der Waals surface area contributed by atoms with Crippen LogP contribution in [0, 0.1) is 0 Å². The Labute approximate surface area is 202 Å². The monoisotopic (exact) mass is 459 g/mol. The standard InChI is InChI=1S/C28H37N5O/c1-4-5-8-24-32-25-26(33(24)18-28(2,3)34)22-14-13-21(17-23(22)31-27(25)30)16-20-11-9-19(10-12-20)7-6-15-29/h9-14,17,34H,4-8,15-16,18,29H2,1-3H3,(H2,30,31). The van der Waals surface area contributed by atoms with E-state index in [4.69, 9.17) is 21.4 Å². The van der Waals surface area contributed by atoms with E-state index in [1.165, 1.54) is 16.7 Å². The maximum atomic E-state index is 10.6. The lowest BCUT2D eigenvalue weighted by Crippen LogP contribution is -2.27. The molecule has 0 radical (unpaired) electrons. The van der Waals surface area contributed by atoms with Crippen LogP contribution in [-0.2, 0) is 25.8 Å². The number of pyridine rings is 1. The second-order valence-corrected chi connectivity index (χ2v) is 9.96. The van der Waals surface area contributed by atoms with Gasteiger partial charge in [0.25, 0.3) is 0 Å². The smallest absolute Gasteiger partial charge is 0.152 e. The fourth-order valence-electron chi connectivity index (χ4n) is 4.56. The van der Waals surface area contributed by atoms with Crippen molar-refractivity contribution in [3.63, 3.8) is 0 Å². The highest BCUT2D eigenvalue weighted by molar-refractivity contribution is 6.06. The van der Waals surface area contributed by atoms with E-state index < -0.39 is 5.60 Å². The fourth-order valence-corrected chi connectivity index (χ4v) is 4.56. The van der Waals surface area contributed by atoms with Gasteiger partial charge in [-0.25, -0.2) is 9.97 Å². The Morgan fingerprint density at radius 1 is 0.941 bits per heavy atom. The van der Waals surface area contributed by atoms with Crippen molar-refractivity contribution < 1.29 is 5.11 Å². The average Bonchev–Trinajstić information content (AvgIpc) is 3.14. The molecule has 0 aliphatic heterocycles. The van der Waals surface area contributed by atoms with Crippen molar-refractivity contribution in [1.82, 2.24) is 14.5 Å². The predicted molar refractivity (Wildman–Crippen MR) is 141 cm³/mol. The number of anilines is 1. The van der Waals surface area contributed by atoms with Crippen LogP contribution in [0.4, 0.5) is 5.82 Å². The molecular weight excluding hydrogens is 422 g/mol. The molecule has 0 aliphatic rings. The fraction of sp³-hybridized carbons (Fsp3) is 0.429. The van der Waals surface area contributed by atoms with Crippen LogP contribution in [0.1, 0.15) is 62.5 Å². The van der Waals surface area contributed by atoms with Gasteiger partial charge in [0.1, 0.15) is 11.3 Å². The first-order valence-corrected chi connectivity index (χ1v) is 12.4. The third kappa shape index (κ3) is 5.40. The number of rotatable bonds is 10. The van der Waals surface area contributed by atoms with Crippen LogP contribution in [0.3, 0.4) is 0 Å². The lowest BCUT2D eigenvalue weighted by Gasteiger charge is -2.21. The second kappa shape index (κ2) is 10.1. The zero-order valence-electron chi connectivity index (χ0n) is 20.6. The molecule has 34 heavy (non-hydrogen) atoms. The van der Waals surface area contributed by atoms with Gasteiger partial charge in [-0.15, -0.1) is 0 Å². The number of aromatic nitrogens is 3. The SMILES string of the molecule is CCCCc1nc2c(N)nc3cc(Cc4ccc(CCCN)cc4)ccc3c2n1CC(C)(C)O. The molecule has 4 rings (SSSR count). The van der Waals surface area contributed by atoms with E-state index in [1.54, 1.807) is 0 Å². The van der Waals surface area contributed by atoms with Gasteiger partial charge < -0.3 is 21.1 Å². The lowest BCUT2D eigenvalue weighted by atomic mass is 10.0. The molecule has 0 saturated carbocycles. The molecule has 2 heterocycles. The van der Waals surface area contributed by atoms with Crippen molar-refractivity contribution in [2.45, 2.75) is 71.4 Å². The Morgan fingerprint density at radius 3 is 2.32 bits per heavy atom. The van der Waals surface area contributed by atoms with Gasteiger partial charge in [0.2, 0.25) is 0 Å². The summed E-state index contributed by atoms with van der Waals surface area (Å²) in [6.07, 6.45) is 5.83. The third-order valence-electron chi connectivity index (χ3n) is 6.25. The van der Waals surface area contributed by atoms with E-state index in [0.29, 0.717) is 12.4 Å². The molecule has 4 aromatic rings. The van der Waals surface area contributed by atoms with Gasteiger partial charge in [-0.2, -0.15) is 0 Å². The minimum atomic E-state index is -0.866. The summed E-state index contributed by atoms with van der Waals surface area (Å²) in [6, 6.07) is 15.2. The minimum Gasteiger partial charge on any atom is -0.389 e. The molecular formula is C28H37N5O. The minimum absolute atomic E-state index is 0.441. The second-order valence-electron chi connectivity index (χ2n) is 9.96. The molecule has 0 bridgehead atoms. The first kappa shape index (κ1) is 24.2. The van der Waals surface area contributed by atoms with Gasteiger partial charge in [-0.3, -0.25) is 0 Å². The van der Waals surface area contributed by atoms with Crippen molar-refractivity contribution in [1.29, 1.82) is 0 Å². The number of unbranched alkanes of at least 4 members (excludes halogenated alkanes) is 1. The first-order valence-electron chi connectivity index (χ1n) is 12.4. The van der Waals surface area contributed by atoms with Crippen LogP contribution >= 0.6 is 0 Å². The molecule has 6 heteroatoms. The topological polar surface area (TPSA) is 103 Å². The highest BCUT2D eigenvalue weighted by Gasteiger charge is 2.22. The number of benzene rings is 2. The van der Waals surface area contributed by atoms with E-state index in [-0.39, 0.29) is 0 Å². The van der Waals surface area contributed by atoms with E-state index in [9.17, 15) is 5.11 Å². The summed E-state index contributed by atoms with van der Waals surface area (Å²) in [5.74, 6) is 1.40. The normalized spacial score (nSPS) is 12.1. The number of aliphatic hydroxyl groups is 1. The molecule has 180 valence electrons. The largest absolute Gasteiger partial charge is 0.389 e. The van der Waals surface area contributed by atoms with Crippen LogP contribution in [0.5, 0.6) is 0 Å². The molecule has 0 spiro atoms. The Bertz CT molecular complexity index is 1270. The Kier molecular flexibility index (Phi) is 7.19. The zero-order valence-corrected chi connectivity index (χ0v) is 20.6. The molecule has 0 fully saturated rings. The average molecular weight is 460 g/mol. The van der Waals surface area contributed by atoms with Gasteiger partial charge in [0, 0.05) is 11.8 Å². The lowest BCUT2D eigenvalue weighted by molar-refractivity contribution is 0.0618. The maximum Gasteiger partial charge on any atom is 0.152 e. The quantitative estimate of drug-likeness (QED) is 0.317. The summed E-state index contributed by atoms with van der Waals surface area (Å²) < 4.78 is 2.14. The molecule has 0 aliphatic carbocycles. The van der Waals surface area contributed by atoms with Crippen molar-refractivity contribution >= 4 is 27.8 Å². The molecule has 0 saturated heterocycles. The summed E-state index contributed by atoms with van der Waals surface area (Å²) in [7, 11) is 0. The number of nitrogens with two attached hydrogens (primary N) is 2. The van der Waals surface area contributed by atoms with Crippen molar-refractivity contribution in [2.75, 3.05) is 12.3 Å². The zero-order chi connectivity index (χ0) is 24.3. The highest BCUT2D eigenvalue weighted by Crippen LogP contribution is 2.31. The number of nitrogens with zero attached hydrogens (tertiary/aromatic N) is 3. The van der Waals surface area contributed by atoms with E-state index in [0.717, 1.165) is 72.8 Å². The number of aryl methyl sites for hydroxylation is 2. The van der Waals surface area contributed by atoms with Crippen molar-refractivity contribution in [2.24, 2.45) is 5.73 Å². The molecule has 0 amide bonds. The van der Waals surface area contributed by atoms with E-state index >= 15 is 0 Å². The molecule has 0 unspecified atom stereocenters. The van der Waals surface area contributed by atoms with Gasteiger partial charge in [0.15, 0.2) is 5.82 Å². The van der Waals surface area contributed by atoms with E-state index in [1.807, 2.05) is 13.8 Å². The molecule has 2 aromatic heterocycles. The summed E-state index contributed by atoms with van der Waals surface area (Å²) in [4.78, 5) is 9.57. The maximum absolute atomic E-state index is 10.6. The number of hydrogen-bond acceptors (Lipinski definition) is 5. The van der Waals surface area contributed by atoms with Crippen LogP contribution in [-0.4, -0.2) is 31.8 Å². The Balaban J connectivity index is 1.73. The first-order chi connectivity index (χ1) is 16.3. The third-order valence-corrected chi connectivity index (χ3v) is 6.25. The van der Waals surface area contributed by atoms with Gasteiger partial charge in [-0.05, 0) is 68.8 Å². The van der Waals surface area contributed by atoms with Gasteiger partial charge in [0.05, 0.1) is 23.2 Å². The Hall–Kier alpha value is -2.96. The van der Waals surface area contributed by atoms with E-state index in [2.05, 4.69) is 54.0 Å². The van der Waals surface area contributed by atoms with Gasteiger partial charge >= 0.3 is 0 Å². The Morgan fingerprint density at radius 2 is 1.65 bits per heavy atom. The van der Waals surface area contributed by atoms with Crippen molar-refractivity contribution in [3.05, 3.63) is 65.0 Å². The van der Waals surface area contributed by atoms with Crippen LogP contribution < -0.4 is 11.5 Å². The highest BCUT2D eigenvalue weighted by atomic mass is 16.3. The number of imidazole rings is 1. The summed E-state index contributed by atoms with van der Waals surface area (Å²) in [6.45, 7) is 7.00. The predicted octanol–water partition coefficient (Wildman–Crippen LogP) is 4.76. The van der Waals surface area contributed by atoms with Crippen molar-refractivity contribution in [3.8, 4) is 0 Å². The van der Waals surface area contributed by atoms with Crippen LogP contribution in [0.2, 0.25) is 0 Å². The number of fused-ring (bicyclic) bond motifs is 3. The summed E-state index contributed by atoms with van der Waals surface area (Å²) >= 11 is 0. The summed E-state index contributed by atoms with van der Waals surface area (Å²) in [5.41, 5.74) is 17.5. The van der Waals surface area contributed by atoms with Gasteiger partial charge in [-0.1, -0.05) is 49.7 Å². The molecule has 5 N–H and O–H groups in total. The van der Waals surface area contributed by atoms with Crippen LogP contribution in [0.25, 0.3) is 21.9 Å². The number of hydrogen-bond donors (Lipinski definition) is 3.